The quantitative estimate of drug-likeness (QED) is 0.471. The third-order valence-corrected chi connectivity index (χ3v) is 4.45. The molecule has 0 atom stereocenters. The van der Waals surface area contributed by atoms with Gasteiger partial charge in [0.15, 0.2) is 5.65 Å². The van der Waals surface area contributed by atoms with Gasteiger partial charge in [-0.25, -0.2) is 4.68 Å². The van der Waals surface area contributed by atoms with Crippen LogP contribution in [0, 0.1) is 0 Å². The molecule has 0 fully saturated rings. The summed E-state index contributed by atoms with van der Waals surface area (Å²) in [5.41, 5.74) is 2.61. The molecule has 0 spiro atoms. The largest absolute Gasteiger partial charge is 0.352 e. The van der Waals surface area contributed by atoms with Crippen molar-refractivity contribution in [3.8, 4) is 5.69 Å². The summed E-state index contributed by atoms with van der Waals surface area (Å²) in [6, 6.07) is 16.8. The summed E-state index contributed by atoms with van der Waals surface area (Å²) in [5.74, 6) is 0.255. The summed E-state index contributed by atoms with van der Waals surface area (Å²) in [5, 5.41) is 10.6. The summed E-state index contributed by atoms with van der Waals surface area (Å²) in [4.78, 5) is 31.5. The Hall–Kier alpha value is -3.94. The van der Waals surface area contributed by atoms with Gasteiger partial charge in [0.25, 0.3) is 11.5 Å². The van der Waals surface area contributed by atoms with Crippen molar-refractivity contribution in [3.63, 3.8) is 0 Å². The van der Waals surface area contributed by atoms with Crippen LogP contribution in [0.3, 0.4) is 0 Å². The number of aromatic amines is 1. The van der Waals surface area contributed by atoms with Crippen molar-refractivity contribution in [2.75, 3.05) is 11.9 Å². The molecule has 0 radical (unpaired) electrons. The molecule has 8 heteroatoms. The Balaban J connectivity index is 1.56. The Morgan fingerprint density at radius 2 is 1.86 bits per heavy atom. The second kappa shape index (κ2) is 7.97. The van der Waals surface area contributed by atoms with Crippen molar-refractivity contribution in [2.45, 2.75) is 13.5 Å². The van der Waals surface area contributed by atoms with Gasteiger partial charge in [-0.15, -0.1) is 0 Å². The van der Waals surface area contributed by atoms with E-state index in [9.17, 15) is 9.59 Å². The first-order valence-electron chi connectivity index (χ1n) is 9.30. The molecule has 0 bridgehead atoms. The Bertz CT molecular complexity index is 1200. The molecule has 8 nitrogen and oxygen atoms in total. The predicted molar refractivity (Wildman–Crippen MR) is 111 cm³/mol. The number of benzene rings is 2. The average molecular weight is 388 g/mol. The zero-order chi connectivity index (χ0) is 20.2. The molecular formula is C21H20N6O2. The minimum absolute atomic E-state index is 0.0994. The van der Waals surface area contributed by atoms with E-state index in [4.69, 9.17) is 0 Å². The van der Waals surface area contributed by atoms with E-state index in [-0.39, 0.29) is 11.5 Å². The molecule has 1 amide bonds. The summed E-state index contributed by atoms with van der Waals surface area (Å²) in [6.45, 7) is 2.91. The van der Waals surface area contributed by atoms with Gasteiger partial charge in [-0.1, -0.05) is 30.3 Å². The fraction of sp³-hybridized carbons (Fsp3) is 0.143. The van der Waals surface area contributed by atoms with E-state index in [0.717, 1.165) is 11.3 Å². The van der Waals surface area contributed by atoms with Crippen LogP contribution in [0.1, 0.15) is 22.8 Å². The Kier molecular flexibility index (Phi) is 5.07. The van der Waals surface area contributed by atoms with E-state index >= 15 is 0 Å². The number of carbonyl (C=O) groups excluding carboxylic acids is 1. The highest BCUT2D eigenvalue weighted by Gasteiger charge is 2.11. The first kappa shape index (κ1) is 18.4. The molecule has 0 aliphatic rings. The summed E-state index contributed by atoms with van der Waals surface area (Å²) < 4.78 is 1.64. The van der Waals surface area contributed by atoms with Crippen LogP contribution < -0.4 is 16.2 Å². The fourth-order valence-electron chi connectivity index (χ4n) is 2.98. The zero-order valence-electron chi connectivity index (χ0n) is 15.8. The van der Waals surface area contributed by atoms with Crippen LogP contribution in [-0.2, 0) is 6.54 Å². The third-order valence-electron chi connectivity index (χ3n) is 4.45. The van der Waals surface area contributed by atoms with Crippen LogP contribution in [0.15, 0.2) is 65.6 Å². The third kappa shape index (κ3) is 3.86. The van der Waals surface area contributed by atoms with E-state index < -0.39 is 0 Å². The van der Waals surface area contributed by atoms with Crippen molar-refractivity contribution < 1.29 is 4.79 Å². The highest BCUT2D eigenvalue weighted by Crippen LogP contribution is 2.15. The maximum atomic E-state index is 12.4. The van der Waals surface area contributed by atoms with E-state index in [0.29, 0.717) is 35.6 Å². The molecule has 2 aromatic heterocycles. The number of fused-ring (bicyclic) bond motifs is 1. The van der Waals surface area contributed by atoms with Gasteiger partial charge in [0.2, 0.25) is 5.95 Å². The average Bonchev–Trinajstić information content (AvgIpc) is 3.18. The van der Waals surface area contributed by atoms with Crippen LogP contribution in [0.5, 0.6) is 0 Å². The SMILES string of the molecule is CCNC(=O)c1ccc(CNc2nc3c(cnn3-c3ccccc3)c(=O)[nH]2)cc1. The lowest BCUT2D eigenvalue weighted by Gasteiger charge is -2.08. The topological polar surface area (TPSA) is 105 Å². The van der Waals surface area contributed by atoms with Crippen LogP contribution >= 0.6 is 0 Å². The fourth-order valence-corrected chi connectivity index (χ4v) is 2.98. The lowest BCUT2D eigenvalue weighted by atomic mass is 10.1. The van der Waals surface area contributed by atoms with Crippen molar-refractivity contribution >= 4 is 22.9 Å². The predicted octanol–water partition coefficient (Wildman–Crippen LogP) is 2.47. The van der Waals surface area contributed by atoms with E-state index in [1.165, 1.54) is 6.20 Å². The van der Waals surface area contributed by atoms with Crippen molar-refractivity contribution in [1.29, 1.82) is 0 Å². The van der Waals surface area contributed by atoms with E-state index in [1.807, 2.05) is 49.4 Å². The molecular weight excluding hydrogens is 368 g/mol. The van der Waals surface area contributed by atoms with Gasteiger partial charge in [-0.05, 0) is 36.8 Å². The Labute approximate surface area is 166 Å². The molecule has 2 heterocycles. The van der Waals surface area contributed by atoms with Crippen LogP contribution in [0.2, 0.25) is 0 Å². The monoisotopic (exact) mass is 388 g/mol. The highest BCUT2D eigenvalue weighted by molar-refractivity contribution is 5.94. The Morgan fingerprint density at radius 1 is 1.10 bits per heavy atom. The Morgan fingerprint density at radius 3 is 2.59 bits per heavy atom. The number of rotatable bonds is 6. The smallest absolute Gasteiger partial charge is 0.263 e. The van der Waals surface area contributed by atoms with Crippen molar-refractivity contribution in [3.05, 3.63) is 82.3 Å². The maximum absolute atomic E-state index is 12.4. The minimum atomic E-state index is -0.258. The van der Waals surface area contributed by atoms with Crippen LogP contribution in [0.25, 0.3) is 16.7 Å². The second-order valence-corrected chi connectivity index (χ2v) is 6.45. The number of nitrogens with zero attached hydrogens (tertiary/aromatic N) is 3. The molecule has 0 saturated carbocycles. The summed E-state index contributed by atoms with van der Waals surface area (Å²) >= 11 is 0. The number of anilines is 1. The van der Waals surface area contributed by atoms with Gasteiger partial charge < -0.3 is 10.6 Å². The summed E-state index contributed by atoms with van der Waals surface area (Å²) in [7, 11) is 0. The number of nitrogens with one attached hydrogen (secondary N) is 3. The zero-order valence-corrected chi connectivity index (χ0v) is 15.8. The maximum Gasteiger partial charge on any atom is 0.263 e. The van der Waals surface area contributed by atoms with E-state index in [1.54, 1.807) is 16.8 Å². The van der Waals surface area contributed by atoms with Crippen molar-refractivity contribution in [1.82, 2.24) is 25.1 Å². The number of aromatic nitrogens is 4. The number of amides is 1. The standard InChI is InChI=1S/C21H20N6O2/c1-2-22-19(28)15-10-8-14(9-11-15)12-23-21-25-18-17(20(29)26-21)13-24-27(18)16-6-4-3-5-7-16/h3-11,13H,2,12H2,1H3,(H,22,28)(H2,23,25,26,29). The second-order valence-electron chi connectivity index (χ2n) is 6.45. The number of para-hydroxylation sites is 1. The van der Waals surface area contributed by atoms with E-state index in [2.05, 4.69) is 25.7 Å². The van der Waals surface area contributed by atoms with Gasteiger partial charge in [-0.3, -0.25) is 14.6 Å². The molecule has 0 aliphatic carbocycles. The number of hydrogen-bond donors (Lipinski definition) is 3. The number of H-pyrrole nitrogens is 1. The molecule has 2 aromatic carbocycles. The van der Waals surface area contributed by atoms with Gasteiger partial charge in [0, 0.05) is 18.7 Å². The van der Waals surface area contributed by atoms with Gasteiger partial charge in [-0.2, -0.15) is 10.1 Å². The highest BCUT2D eigenvalue weighted by atomic mass is 16.1. The van der Waals surface area contributed by atoms with Gasteiger partial charge in [0.1, 0.15) is 5.39 Å². The molecule has 0 aliphatic heterocycles. The molecule has 4 aromatic rings. The minimum Gasteiger partial charge on any atom is -0.352 e. The van der Waals surface area contributed by atoms with Crippen LogP contribution in [0.4, 0.5) is 5.95 Å². The summed E-state index contributed by atoms with van der Waals surface area (Å²) in [6.07, 6.45) is 1.51. The molecule has 3 N–H and O–H groups in total. The molecule has 0 unspecified atom stereocenters. The van der Waals surface area contributed by atoms with Gasteiger partial charge >= 0.3 is 0 Å². The molecule has 0 saturated heterocycles. The van der Waals surface area contributed by atoms with Crippen molar-refractivity contribution in [2.24, 2.45) is 0 Å². The molecule has 4 rings (SSSR count). The molecule has 29 heavy (non-hydrogen) atoms. The first-order valence-corrected chi connectivity index (χ1v) is 9.30. The first-order chi connectivity index (χ1) is 14.2. The normalized spacial score (nSPS) is 10.8. The van der Waals surface area contributed by atoms with Gasteiger partial charge in [0.05, 0.1) is 11.9 Å². The lowest BCUT2D eigenvalue weighted by molar-refractivity contribution is 0.0956. The number of carbonyl (C=O) groups is 1. The van der Waals surface area contributed by atoms with Crippen LogP contribution in [-0.4, -0.2) is 32.2 Å². The molecule has 146 valence electrons. The lowest BCUT2D eigenvalue weighted by Crippen LogP contribution is -2.22. The number of hydrogen-bond acceptors (Lipinski definition) is 5.